The maximum Gasteiger partial charge on any atom is 0.137 e. The molecule has 2 N–H and O–H groups in total. The van der Waals surface area contributed by atoms with Gasteiger partial charge in [0.25, 0.3) is 0 Å². The van der Waals surface area contributed by atoms with Crippen LogP contribution in [0.3, 0.4) is 0 Å². The number of hydrogen-bond acceptors (Lipinski definition) is 2. The number of nitrogens with two attached hydrogens (primary N) is 1. The molecule has 16 heavy (non-hydrogen) atoms. The number of hydrogen-bond donors (Lipinski definition) is 1. The standard InChI is InChI=1S/C13H18ClNO/c1-9-5-6-10(16-2)12(14)11(9)13(15)7-3-4-8-13/h5-6H,3-4,7-8,15H2,1-2H3. The van der Waals surface area contributed by atoms with Crippen molar-refractivity contribution >= 4 is 11.6 Å². The summed E-state index contributed by atoms with van der Waals surface area (Å²) >= 11 is 6.38. The zero-order chi connectivity index (χ0) is 11.8. The molecule has 0 unspecified atom stereocenters. The van der Waals surface area contributed by atoms with Crippen LogP contribution in [0.5, 0.6) is 5.75 Å². The van der Waals surface area contributed by atoms with Gasteiger partial charge in [0.2, 0.25) is 0 Å². The molecule has 1 aliphatic rings. The summed E-state index contributed by atoms with van der Waals surface area (Å²) in [6, 6.07) is 3.94. The van der Waals surface area contributed by atoms with Gasteiger partial charge in [0.1, 0.15) is 5.75 Å². The van der Waals surface area contributed by atoms with E-state index in [4.69, 9.17) is 22.1 Å². The van der Waals surface area contributed by atoms with Crippen molar-refractivity contribution in [2.45, 2.75) is 38.1 Å². The Hall–Kier alpha value is -0.730. The van der Waals surface area contributed by atoms with Gasteiger partial charge in [-0.3, -0.25) is 0 Å². The van der Waals surface area contributed by atoms with Gasteiger partial charge in [-0.25, -0.2) is 0 Å². The van der Waals surface area contributed by atoms with Gasteiger partial charge in [-0.05, 0) is 37.0 Å². The van der Waals surface area contributed by atoms with Crippen LogP contribution in [-0.2, 0) is 5.54 Å². The highest BCUT2D eigenvalue weighted by Crippen LogP contribution is 2.43. The van der Waals surface area contributed by atoms with Gasteiger partial charge in [-0.2, -0.15) is 0 Å². The van der Waals surface area contributed by atoms with Crippen LogP contribution in [0.15, 0.2) is 12.1 Å². The van der Waals surface area contributed by atoms with Crippen LogP contribution in [-0.4, -0.2) is 7.11 Å². The number of halogens is 1. The van der Waals surface area contributed by atoms with Crippen molar-refractivity contribution in [3.05, 3.63) is 28.3 Å². The summed E-state index contributed by atoms with van der Waals surface area (Å²) in [5.74, 6) is 0.721. The van der Waals surface area contributed by atoms with Crippen LogP contribution in [0.2, 0.25) is 5.02 Å². The molecule has 0 saturated heterocycles. The van der Waals surface area contributed by atoms with Gasteiger partial charge < -0.3 is 10.5 Å². The fraction of sp³-hybridized carbons (Fsp3) is 0.538. The van der Waals surface area contributed by atoms with Crippen LogP contribution >= 0.6 is 11.6 Å². The van der Waals surface area contributed by atoms with E-state index in [1.165, 1.54) is 12.8 Å². The van der Waals surface area contributed by atoms with E-state index in [0.717, 1.165) is 29.7 Å². The third-order valence-electron chi connectivity index (χ3n) is 3.53. The zero-order valence-electron chi connectivity index (χ0n) is 9.85. The molecular formula is C13H18ClNO. The summed E-state index contributed by atoms with van der Waals surface area (Å²) in [7, 11) is 1.64. The summed E-state index contributed by atoms with van der Waals surface area (Å²) in [5, 5.41) is 0.687. The number of rotatable bonds is 2. The van der Waals surface area contributed by atoms with Gasteiger partial charge >= 0.3 is 0 Å². The Morgan fingerprint density at radius 1 is 1.31 bits per heavy atom. The molecule has 0 aliphatic heterocycles. The largest absolute Gasteiger partial charge is 0.495 e. The second kappa shape index (κ2) is 4.27. The molecule has 1 aromatic rings. The molecule has 2 rings (SSSR count). The molecule has 88 valence electrons. The van der Waals surface area contributed by atoms with Crippen molar-refractivity contribution in [3.63, 3.8) is 0 Å². The molecule has 0 atom stereocenters. The van der Waals surface area contributed by atoms with Crippen molar-refractivity contribution in [1.82, 2.24) is 0 Å². The second-order valence-electron chi connectivity index (χ2n) is 4.64. The van der Waals surface area contributed by atoms with Crippen LogP contribution in [0.25, 0.3) is 0 Å². The topological polar surface area (TPSA) is 35.2 Å². The monoisotopic (exact) mass is 239 g/mol. The van der Waals surface area contributed by atoms with E-state index in [9.17, 15) is 0 Å². The van der Waals surface area contributed by atoms with E-state index in [2.05, 4.69) is 6.92 Å². The van der Waals surface area contributed by atoms with E-state index < -0.39 is 0 Å². The van der Waals surface area contributed by atoms with Gasteiger partial charge in [0.15, 0.2) is 0 Å². The molecule has 1 fully saturated rings. The zero-order valence-corrected chi connectivity index (χ0v) is 10.6. The quantitative estimate of drug-likeness (QED) is 0.859. The lowest BCUT2D eigenvalue weighted by molar-refractivity contribution is 0.408. The molecular weight excluding hydrogens is 222 g/mol. The van der Waals surface area contributed by atoms with Crippen molar-refractivity contribution in [2.75, 3.05) is 7.11 Å². The van der Waals surface area contributed by atoms with Crippen LogP contribution in [0.4, 0.5) is 0 Å². The Bertz CT molecular complexity index is 397. The highest BCUT2D eigenvalue weighted by Gasteiger charge is 2.35. The van der Waals surface area contributed by atoms with Crippen LogP contribution < -0.4 is 10.5 Å². The summed E-state index contributed by atoms with van der Waals surface area (Å²) in [6.07, 6.45) is 4.40. The molecule has 0 bridgehead atoms. The Balaban J connectivity index is 2.54. The normalized spacial score (nSPS) is 18.8. The minimum atomic E-state index is -0.254. The highest BCUT2D eigenvalue weighted by molar-refractivity contribution is 6.33. The third-order valence-corrected chi connectivity index (χ3v) is 3.90. The van der Waals surface area contributed by atoms with Crippen molar-refractivity contribution in [2.24, 2.45) is 5.73 Å². The minimum Gasteiger partial charge on any atom is -0.495 e. The van der Waals surface area contributed by atoms with Gasteiger partial charge in [-0.15, -0.1) is 0 Å². The first-order valence-electron chi connectivity index (χ1n) is 5.71. The average Bonchev–Trinajstić information content (AvgIpc) is 2.66. The number of methoxy groups -OCH3 is 1. The van der Waals surface area contributed by atoms with Gasteiger partial charge in [0, 0.05) is 5.54 Å². The Morgan fingerprint density at radius 2 is 1.94 bits per heavy atom. The first kappa shape index (κ1) is 11.7. The summed E-state index contributed by atoms with van der Waals surface area (Å²) in [4.78, 5) is 0. The van der Waals surface area contributed by atoms with E-state index in [1.807, 2.05) is 12.1 Å². The van der Waals surface area contributed by atoms with Crippen LogP contribution in [0, 0.1) is 6.92 Å². The highest BCUT2D eigenvalue weighted by atomic mass is 35.5. The molecule has 0 spiro atoms. The molecule has 2 nitrogen and oxygen atoms in total. The SMILES string of the molecule is COc1ccc(C)c(C2(N)CCCC2)c1Cl. The number of ether oxygens (including phenoxy) is 1. The summed E-state index contributed by atoms with van der Waals surface area (Å²) in [5.41, 5.74) is 8.45. The summed E-state index contributed by atoms with van der Waals surface area (Å²) < 4.78 is 5.26. The third kappa shape index (κ3) is 1.80. The van der Waals surface area contributed by atoms with Crippen LogP contribution in [0.1, 0.15) is 36.8 Å². The smallest absolute Gasteiger partial charge is 0.137 e. The lowest BCUT2D eigenvalue weighted by atomic mass is 9.86. The number of aryl methyl sites for hydroxylation is 1. The molecule has 3 heteroatoms. The van der Waals surface area contributed by atoms with Crippen molar-refractivity contribution < 1.29 is 4.74 Å². The van der Waals surface area contributed by atoms with E-state index >= 15 is 0 Å². The number of benzene rings is 1. The molecule has 0 radical (unpaired) electrons. The fourth-order valence-electron chi connectivity index (χ4n) is 2.68. The molecule has 0 heterocycles. The average molecular weight is 240 g/mol. The Kier molecular flexibility index (Phi) is 3.13. The van der Waals surface area contributed by atoms with Gasteiger partial charge in [0.05, 0.1) is 12.1 Å². The first-order chi connectivity index (χ1) is 7.58. The Morgan fingerprint density at radius 3 is 2.50 bits per heavy atom. The second-order valence-corrected chi connectivity index (χ2v) is 5.01. The summed E-state index contributed by atoms with van der Waals surface area (Å²) in [6.45, 7) is 2.06. The van der Waals surface area contributed by atoms with Gasteiger partial charge in [-0.1, -0.05) is 30.5 Å². The van der Waals surface area contributed by atoms with Crippen molar-refractivity contribution in [3.8, 4) is 5.75 Å². The van der Waals surface area contributed by atoms with E-state index in [1.54, 1.807) is 7.11 Å². The molecule has 0 aromatic heterocycles. The predicted octanol–water partition coefficient (Wildman–Crippen LogP) is 3.39. The predicted molar refractivity (Wildman–Crippen MR) is 67.1 cm³/mol. The molecule has 1 aliphatic carbocycles. The lowest BCUT2D eigenvalue weighted by Crippen LogP contribution is -2.34. The van der Waals surface area contributed by atoms with Crippen molar-refractivity contribution in [1.29, 1.82) is 0 Å². The first-order valence-corrected chi connectivity index (χ1v) is 6.09. The lowest BCUT2D eigenvalue weighted by Gasteiger charge is -2.28. The van der Waals surface area contributed by atoms with E-state index in [0.29, 0.717) is 5.02 Å². The maximum atomic E-state index is 6.47. The molecule has 0 amide bonds. The minimum absolute atomic E-state index is 0.254. The maximum absolute atomic E-state index is 6.47. The van der Waals surface area contributed by atoms with E-state index in [-0.39, 0.29) is 5.54 Å². The fourth-order valence-corrected chi connectivity index (χ4v) is 3.16. The molecule has 1 saturated carbocycles. The Labute approximate surface area is 102 Å². The molecule has 1 aromatic carbocycles.